The summed E-state index contributed by atoms with van der Waals surface area (Å²) in [6.07, 6.45) is 2.55. The van der Waals surface area contributed by atoms with E-state index in [9.17, 15) is 18.4 Å². The lowest BCUT2D eigenvalue weighted by Gasteiger charge is -2.17. The summed E-state index contributed by atoms with van der Waals surface area (Å²) in [7, 11) is 1.31. The summed E-state index contributed by atoms with van der Waals surface area (Å²) < 4.78 is 38.7. The molecule has 0 bridgehead atoms. The second-order valence-corrected chi connectivity index (χ2v) is 4.80. The molecule has 0 saturated heterocycles. The molecule has 0 aliphatic rings. The first-order valence-corrected chi connectivity index (χ1v) is 7.66. The third-order valence-corrected chi connectivity index (χ3v) is 3.27. The minimum Gasteiger partial charge on any atom is -0.493 e. The number of amides is 1. The number of esters is 1. The average molecular weight is 357 g/mol. The molecule has 6 nitrogen and oxygen atoms in total. The zero-order valence-corrected chi connectivity index (χ0v) is 14.3. The van der Waals surface area contributed by atoms with Crippen molar-refractivity contribution in [3.63, 3.8) is 0 Å². The molecule has 0 saturated carbocycles. The van der Waals surface area contributed by atoms with Crippen LogP contribution in [0.15, 0.2) is 24.3 Å². The second kappa shape index (κ2) is 10.3. The number of halogens is 2. The lowest BCUT2D eigenvalue weighted by Crippen LogP contribution is -2.34. The number of carbonyl (C=O) groups excluding carboxylic acids is 2. The summed E-state index contributed by atoms with van der Waals surface area (Å²) in [6.45, 7) is 1.43. The van der Waals surface area contributed by atoms with Gasteiger partial charge in [0.1, 0.15) is 0 Å². The van der Waals surface area contributed by atoms with Crippen LogP contribution in [-0.2, 0) is 14.3 Å². The van der Waals surface area contributed by atoms with Crippen molar-refractivity contribution in [3.8, 4) is 11.5 Å². The Labute approximate surface area is 145 Å². The molecule has 1 aromatic rings. The van der Waals surface area contributed by atoms with E-state index in [1.54, 1.807) is 4.90 Å². The highest BCUT2D eigenvalue weighted by Crippen LogP contribution is 2.29. The van der Waals surface area contributed by atoms with Crippen LogP contribution in [0.1, 0.15) is 19.4 Å². The van der Waals surface area contributed by atoms with Crippen molar-refractivity contribution in [1.29, 1.82) is 0 Å². The fourth-order valence-corrected chi connectivity index (χ4v) is 1.99. The predicted octanol–water partition coefficient (Wildman–Crippen LogP) is 2.72. The molecule has 0 aliphatic heterocycles. The van der Waals surface area contributed by atoms with Crippen LogP contribution in [0.4, 0.5) is 8.78 Å². The lowest BCUT2D eigenvalue weighted by atomic mass is 10.2. The number of likely N-dealkylation sites (N-methyl/N-ethyl adjacent to an activating group) is 1. The van der Waals surface area contributed by atoms with Gasteiger partial charge >= 0.3 is 12.6 Å². The number of nitrogens with zero attached hydrogens (tertiary/aromatic N) is 1. The normalized spacial score (nSPS) is 10.8. The Hall–Kier alpha value is -2.64. The molecule has 0 spiro atoms. The smallest absolute Gasteiger partial charge is 0.387 e. The standard InChI is InChI=1S/C17H21F2NO5/c1-4-20(5-2)15(21)11-24-16(22)9-7-12-6-8-13(25-17(18)19)14(10-12)23-3/h6-10,17H,4-5,11H2,1-3H3/b9-7+. The topological polar surface area (TPSA) is 65.1 Å². The first kappa shape index (κ1) is 20.4. The van der Waals surface area contributed by atoms with E-state index >= 15 is 0 Å². The quantitative estimate of drug-likeness (QED) is 0.502. The Balaban J connectivity index is 2.65. The largest absolute Gasteiger partial charge is 0.493 e. The van der Waals surface area contributed by atoms with Crippen LogP contribution in [0.25, 0.3) is 6.08 Å². The van der Waals surface area contributed by atoms with Crippen LogP contribution in [0.5, 0.6) is 11.5 Å². The Morgan fingerprint density at radius 3 is 2.44 bits per heavy atom. The second-order valence-electron chi connectivity index (χ2n) is 4.80. The van der Waals surface area contributed by atoms with Crippen LogP contribution in [0.3, 0.4) is 0 Å². The van der Waals surface area contributed by atoms with Crippen molar-refractivity contribution in [2.75, 3.05) is 26.8 Å². The maximum Gasteiger partial charge on any atom is 0.387 e. The minimum atomic E-state index is -2.96. The molecule has 0 atom stereocenters. The first-order chi connectivity index (χ1) is 11.9. The summed E-state index contributed by atoms with van der Waals surface area (Å²) in [5.41, 5.74) is 0.519. The summed E-state index contributed by atoms with van der Waals surface area (Å²) in [6, 6.07) is 4.22. The van der Waals surface area contributed by atoms with Gasteiger partial charge in [-0.05, 0) is 37.6 Å². The number of hydrogen-bond acceptors (Lipinski definition) is 5. The van der Waals surface area contributed by atoms with Crippen molar-refractivity contribution in [2.24, 2.45) is 0 Å². The Morgan fingerprint density at radius 1 is 1.20 bits per heavy atom. The first-order valence-electron chi connectivity index (χ1n) is 7.66. The fraction of sp³-hybridized carbons (Fsp3) is 0.412. The van der Waals surface area contributed by atoms with E-state index in [1.165, 1.54) is 31.4 Å². The van der Waals surface area contributed by atoms with E-state index in [0.29, 0.717) is 18.7 Å². The van der Waals surface area contributed by atoms with E-state index in [4.69, 9.17) is 9.47 Å². The van der Waals surface area contributed by atoms with Crippen LogP contribution in [0.2, 0.25) is 0 Å². The van der Waals surface area contributed by atoms with E-state index in [-0.39, 0.29) is 24.0 Å². The maximum absolute atomic E-state index is 12.3. The van der Waals surface area contributed by atoms with Crippen molar-refractivity contribution in [1.82, 2.24) is 4.90 Å². The van der Waals surface area contributed by atoms with Gasteiger partial charge in [0, 0.05) is 19.2 Å². The molecule has 1 amide bonds. The highest BCUT2D eigenvalue weighted by Gasteiger charge is 2.12. The van der Waals surface area contributed by atoms with Crippen LogP contribution < -0.4 is 9.47 Å². The van der Waals surface area contributed by atoms with E-state index in [1.807, 2.05) is 13.8 Å². The number of methoxy groups -OCH3 is 1. The molecule has 0 N–H and O–H groups in total. The fourth-order valence-electron chi connectivity index (χ4n) is 1.99. The summed E-state index contributed by atoms with van der Waals surface area (Å²) in [4.78, 5) is 24.9. The molecule has 1 aromatic carbocycles. The van der Waals surface area contributed by atoms with E-state index < -0.39 is 12.6 Å². The molecule has 0 fully saturated rings. The van der Waals surface area contributed by atoms with Gasteiger partial charge in [-0.2, -0.15) is 8.78 Å². The highest BCUT2D eigenvalue weighted by atomic mass is 19.3. The van der Waals surface area contributed by atoms with E-state index in [2.05, 4.69) is 4.74 Å². The van der Waals surface area contributed by atoms with Gasteiger partial charge in [0.25, 0.3) is 5.91 Å². The van der Waals surface area contributed by atoms with Crippen molar-refractivity contribution >= 4 is 18.0 Å². The van der Waals surface area contributed by atoms with Gasteiger partial charge in [0.2, 0.25) is 0 Å². The SMILES string of the molecule is CCN(CC)C(=O)COC(=O)/C=C/c1ccc(OC(F)F)c(OC)c1. The van der Waals surface area contributed by atoms with Gasteiger partial charge in [0.05, 0.1) is 7.11 Å². The molecule has 0 aliphatic carbocycles. The molecule has 0 radical (unpaired) electrons. The van der Waals surface area contributed by atoms with Crippen molar-refractivity contribution < 1.29 is 32.6 Å². The maximum atomic E-state index is 12.3. The molecule has 8 heteroatoms. The number of benzene rings is 1. The average Bonchev–Trinajstić information content (AvgIpc) is 2.59. The predicted molar refractivity (Wildman–Crippen MR) is 87.5 cm³/mol. The van der Waals surface area contributed by atoms with Gasteiger partial charge in [-0.3, -0.25) is 4.79 Å². The monoisotopic (exact) mass is 357 g/mol. The number of hydrogen-bond donors (Lipinski definition) is 0. The van der Waals surface area contributed by atoms with Gasteiger partial charge < -0.3 is 19.1 Å². The number of rotatable bonds is 9. The van der Waals surface area contributed by atoms with E-state index in [0.717, 1.165) is 6.08 Å². The Kier molecular flexibility index (Phi) is 8.38. The summed E-state index contributed by atoms with van der Waals surface area (Å²) >= 11 is 0. The number of alkyl halides is 2. The molecule has 0 aromatic heterocycles. The van der Waals surface area contributed by atoms with Crippen molar-refractivity contribution in [2.45, 2.75) is 20.5 Å². The number of carbonyl (C=O) groups is 2. The van der Waals surface area contributed by atoms with Gasteiger partial charge in [-0.15, -0.1) is 0 Å². The molecule has 138 valence electrons. The third-order valence-electron chi connectivity index (χ3n) is 3.27. The molecular formula is C17H21F2NO5. The lowest BCUT2D eigenvalue weighted by molar-refractivity contribution is -0.147. The summed E-state index contributed by atoms with van der Waals surface area (Å²) in [5, 5.41) is 0. The molecule has 1 rings (SSSR count). The third kappa shape index (κ3) is 6.78. The zero-order chi connectivity index (χ0) is 18.8. The van der Waals surface area contributed by atoms with Crippen LogP contribution in [0, 0.1) is 0 Å². The zero-order valence-electron chi connectivity index (χ0n) is 14.3. The Bertz CT molecular complexity index is 615. The van der Waals surface area contributed by atoms with Crippen LogP contribution >= 0.6 is 0 Å². The molecule has 0 unspecified atom stereocenters. The number of ether oxygens (including phenoxy) is 3. The van der Waals surface area contributed by atoms with Crippen LogP contribution in [-0.4, -0.2) is 50.2 Å². The minimum absolute atomic E-state index is 0.104. The Morgan fingerprint density at radius 2 is 1.88 bits per heavy atom. The molecule has 0 heterocycles. The van der Waals surface area contributed by atoms with Crippen molar-refractivity contribution in [3.05, 3.63) is 29.8 Å². The molecular weight excluding hydrogens is 336 g/mol. The molecule has 25 heavy (non-hydrogen) atoms. The highest BCUT2D eigenvalue weighted by molar-refractivity contribution is 5.89. The summed E-state index contributed by atoms with van der Waals surface area (Å²) in [5.74, 6) is -0.969. The van der Waals surface area contributed by atoms with Gasteiger partial charge in [-0.1, -0.05) is 6.07 Å². The van der Waals surface area contributed by atoms with Gasteiger partial charge in [0.15, 0.2) is 18.1 Å². The van der Waals surface area contributed by atoms with Gasteiger partial charge in [-0.25, -0.2) is 4.79 Å².